The molecule has 1 aromatic carbocycles. The molecule has 0 spiro atoms. The van der Waals surface area contributed by atoms with Crippen LogP contribution < -0.4 is 16.0 Å². The molecular formula is C16H24N4O. The second kappa shape index (κ2) is 7.24. The maximum atomic E-state index is 5.69. The fraction of sp³-hybridized carbons (Fsp3) is 0.438. The Morgan fingerprint density at radius 3 is 2.71 bits per heavy atom. The minimum atomic E-state index is 0.146. The highest BCUT2D eigenvalue weighted by molar-refractivity contribution is 5.29. The van der Waals surface area contributed by atoms with E-state index in [9.17, 15) is 0 Å². The zero-order valence-electron chi connectivity index (χ0n) is 12.9. The Bertz CT molecular complexity index is 565. The van der Waals surface area contributed by atoms with Crippen molar-refractivity contribution in [2.24, 2.45) is 5.84 Å². The van der Waals surface area contributed by atoms with Gasteiger partial charge < -0.3 is 4.74 Å². The van der Waals surface area contributed by atoms with Gasteiger partial charge in [-0.15, -0.1) is 0 Å². The average molecular weight is 288 g/mol. The van der Waals surface area contributed by atoms with Crippen LogP contribution in [0.15, 0.2) is 36.5 Å². The van der Waals surface area contributed by atoms with E-state index in [1.807, 2.05) is 29.1 Å². The summed E-state index contributed by atoms with van der Waals surface area (Å²) in [5, 5.41) is 4.57. The number of nitrogens with two attached hydrogens (primary N) is 1. The fourth-order valence-corrected chi connectivity index (χ4v) is 2.30. The third-order valence-corrected chi connectivity index (χ3v) is 3.50. The lowest BCUT2D eigenvalue weighted by Crippen LogP contribution is -2.38. The number of aromatic nitrogens is 2. The van der Waals surface area contributed by atoms with E-state index < -0.39 is 0 Å². The Morgan fingerprint density at radius 1 is 1.29 bits per heavy atom. The zero-order valence-corrected chi connectivity index (χ0v) is 12.9. The van der Waals surface area contributed by atoms with Gasteiger partial charge in [-0.1, -0.05) is 12.1 Å². The highest BCUT2D eigenvalue weighted by atomic mass is 16.5. The van der Waals surface area contributed by atoms with E-state index in [-0.39, 0.29) is 6.04 Å². The maximum absolute atomic E-state index is 5.69. The molecule has 0 saturated heterocycles. The summed E-state index contributed by atoms with van der Waals surface area (Å²) in [4.78, 5) is 0. The topological polar surface area (TPSA) is 65.1 Å². The number of nitrogens with zero attached hydrogens (tertiary/aromatic N) is 2. The zero-order chi connectivity index (χ0) is 15.2. The van der Waals surface area contributed by atoms with Crippen molar-refractivity contribution in [3.63, 3.8) is 0 Å². The molecule has 0 fully saturated rings. The second-order valence-corrected chi connectivity index (χ2v) is 5.50. The molecule has 1 heterocycles. The minimum absolute atomic E-state index is 0.146. The number of hydrogen-bond donors (Lipinski definition) is 2. The summed E-state index contributed by atoms with van der Waals surface area (Å²) in [6, 6.07) is 10.6. The molecule has 0 aliphatic heterocycles. The Labute approximate surface area is 126 Å². The molecule has 21 heavy (non-hydrogen) atoms. The fourth-order valence-electron chi connectivity index (χ4n) is 2.30. The second-order valence-electron chi connectivity index (χ2n) is 5.50. The SMILES string of the molecule is COc1cccc(CC(Cc2ccn(C(C)C)n2)NN)c1. The third kappa shape index (κ3) is 4.31. The summed E-state index contributed by atoms with van der Waals surface area (Å²) >= 11 is 0. The van der Waals surface area contributed by atoms with Crippen molar-refractivity contribution in [2.75, 3.05) is 7.11 Å². The smallest absolute Gasteiger partial charge is 0.119 e. The van der Waals surface area contributed by atoms with Gasteiger partial charge in [0.05, 0.1) is 12.8 Å². The van der Waals surface area contributed by atoms with Gasteiger partial charge in [-0.3, -0.25) is 16.0 Å². The van der Waals surface area contributed by atoms with Gasteiger partial charge in [0.25, 0.3) is 0 Å². The van der Waals surface area contributed by atoms with E-state index in [4.69, 9.17) is 10.6 Å². The maximum Gasteiger partial charge on any atom is 0.119 e. The van der Waals surface area contributed by atoms with Crippen LogP contribution in [-0.4, -0.2) is 22.9 Å². The lowest BCUT2D eigenvalue weighted by atomic mass is 10.0. The first-order valence-corrected chi connectivity index (χ1v) is 7.25. The van der Waals surface area contributed by atoms with Crippen molar-refractivity contribution in [1.29, 1.82) is 0 Å². The molecule has 0 radical (unpaired) electrons. The number of rotatable bonds is 7. The van der Waals surface area contributed by atoms with E-state index in [0.29, 0.717) is 6.04 Å². The number of hydrazine groups is 1. The molecule has 0 saturated carbocycles. The van der Waals surface area contributed by atoms with E-state index in [1.54, 1.807) is 7.11 Å². The summed E-state index contributed by atoms with van der Waals surface area (Å²) < 4.78 is 7.22. The normalized spacial score (nSPS) is 12.6. The number of methoxy groups -OCH3 is 1. The van der Waals surface area contributed by atoms with Crippen LogP contribution in [0.1, 0.15) is 31.1 Å². The molecule has 1 atom stereocenters. The van der Waals surface area contributed by atoms with Crippen LogP contribution in [0.5, 0.6) is 5.75 Å². The van der Waals surface area contributed by atoms with E-state index in [2.05, 4.69) is 36.5 Å². The Hall–Kier alpha value is -1.85. The Kier molecular flexibility index (Phi) is 5.36. The molecule has 0 bridgehead atoms. The molecular weight excluding hydrogens is 264 g/mol. The quantitative estimate of drug-likeness (QED) is 0.605. The number of nitrogens with one attached hydrogen (secondary N) is 1. The van der Waals surface area contributed by atoms with Crippen LogP contribution in [0.25, 0.3) is 0 Å². The van der Waals surface area contributed by atoms with Gasteiger partial charge in [0.1, 0.15) is 5.75 Å². The van der Waals surface area contributed by atoms with Gasteiger partial charge in [0.15, 0.2) is 0 Å². The molecule has 0 aliphatic carbocycles. The number of hydrogen-bond acceptors (Lipinski definition) is 4. The Morgan fingerprint density at radius 2 is 2.10 bits per heavy atom. The minimum Gasteiger partial charge on any atom is -0.497 e. The van der Waals surface area contributed by atoms with Crippen LogP contribution in [0.2, 0.25) is 0 Å². The van der Waals surface area contributed by atoms with Crippen molar-refractivity contribution in [3.8, 4) is 5.75 Å². The molecule has 5 heteroatoms. The predicted octanol–water partition coefficient (Wildman–Crippen LogP) is 2.09. The lowest BCUT2D eigenvalue weighted by Gasteiger charge is -2.15. The molecule has 114 valence electrons. The first kappa shape index (κ1) is 15.5. The van der Waals surface area contributed by atoms with Crippen LogP contribution in [0.4, 0.5) is 0 Å². The van der Waals surface area contributed by atoms with Crippen molar-refractivity contribution < 1.29 is 4.74 Å². The molecule has 0 aliphatic rings. The predicted molar refractivity (Wildman–Crippen MR) is 84.1 cm³/mol. The first-order chi connectivity index (χ1) is 10.1. The average Bonchev–Trinajstić information content (AvgIpc) is 2.95. The molecule has 2 rings (SSSR count). The molecule has 1 aromatic heterocycles. The van der Waals surface area contributed by atoms with Crippen molar-refractivity contribution >= 4 is 0 Å². The Balaban J connectivity index is 2.01. The summed E-state index contributed by atoms with van der Waals surface area (Å²) in [7, 11) is 1.68. The monoisotopic (exact) mass is 288 g/mol. The third-order valence-electron chi connectivity index (χ3n) is 3.50. The van der Waals surface area contributed by atoms with Gasteiger partial charge in [-0.2, -0.15) is 5.10 Å². The van der Waals surface area contributed by atoms with E-state index in [0.717, 1.165) is 24.3 Å². The van der Waals surface area contributed by atoms with Crippen LogP contribution in [0.3, 0.4) is 0 Å². The van der Waals surface area contributed by atoms with Crippen molar-refractivity contribution in [3.05, 3.63) is 47.8 Å². The number of ether oxygens (including phenoxy) is 1. The van der Waals surface area contributed by atoms with Gasteiger partial charge in [0, 0.05) is 24.7 Å². The van der Waals surface area contributed by atoms with Gasteiger partial charge >= 0.3 is 0 Å². The highest BCUT2D eigenvalue weighted by Crippen LogP contribution is 2.15. The summed E-state index contributed by atoms with van der Waals surface area (Å²) in [6.07, 6.45) is 3.65. The molecule has 5 nitrogen and oxygen atoms in total. The summed E-state index contributed by atoms with van der Waals surface area (Å²) in [6.45, 7) is 4.23. The van der Waals surface area contributed by atoms with Crippen LogP contribution in [-0.2, 0) is 12.8 Å². The standard InChI is InChI=1S/C16H24N4O/c1-12(2)20-8-7-14(19-20)11-15(18-17)9-13-5-4-6-16(10-13)21-3/h4-8,10,12,15,18H,9,11,17H2,1-3H3. The van der Waals surface area contributed by atoms with Crippen molar-refractivity contribution in [2.45, 2.75) is 38.8 Å². The molecule has 1 unspecified atom stereocenters. The van der Waals surface area contributed by atoms with Crippen LogP contribution >= 0.6 is 0 Å². The van der Waals surface area contributed by atoms with Crippen LogP contribution in [0, 0.1) is 0 Å². The van der Waals surface area contributed by atoms with Gasteiger partial charge in [0.2, 0.25) is 0 Å². The van der Waals surface area contributed by atoms with Gasteiger partial charge in [-0.05, 0) is 44.0 Å². The molecule has 3 N–H and O–H groups in total. The van der Waals surface area contributed by atoms with Gasteiger partial charge in [-0.25, -0.2) is 0 Å². The highest BCUT2D eigenvalue weighted by Gasteiger charge is 2.12. The molecule has 0 amide bonds. The first-order valence-electron chi connectivity index (χ1n) is 7.25. The summed E-state index contributed by atoms with van der Waals surface area (Å²) in [5.74, 6) is 6.56. The summed E-state index contributed by atoms with van der Waals surface area (Å²) in [5.41, 5.74) is 5.13. The van der Waals surface area contributed by atoms with Crippen molar-refractivity contribution in [1.82, 2.24) is 15.2 Å². The van der Waals surface area contributed by atoms with E-state index >= 15 is 0 Å². The number of benzene rings is 1. The largest absolute Gasteiger partial charge is 0.497 e. The molecule has 2 aromatic rings. The van der Waals surface area contributed by atoms with E-state index in [1.165, 1.54) is 5.56 Å². The lowest BCUT2D eigenvalue weighted by molar-refractivity contribution is 0.413.